The van der Waals surface area contributed by atoms with E-state index < -0.39 is 5.54 Å². The summed E-state index contributed by atoms with van der Waals surface area (Å²) in [5.74, 6) is 5.03. The van der Waals surface area contributed by atoms with Gasteiger partial charge in [0.2, 0.25) is 5.65 Å². The van der Waals surface area contributed by atoms with Crippen molar-refractivity contribution in [2.24, 2.45) is 11.8 Å². The maximum atomic E-state index is 6.11. The summed E-state index contributed by atoms with van der Waals surface area (Å²) in [6, 6.07) is 79.0. The standard InChI is InChI=1S/C34H30BrN5.C27H31N5.C13H18/c1-36-31-24-30(29(22-23-35)25-14-6-2-7-15-25)32-33(37-31)40(39-38-32)34(26-16-8-3-9-17-26,27-18-10-4-11-19-27)28-20-12-5-13-21-28;28-25-18-24(26-27(29-25)31-32-30-26)23(22-11-5-2-6-12-22)13-7-8-19-14-16-21(17-15-19)20-9-3-1-4-10-20;1-11-7-9-13(10-8-11)12-5-3-2-4-6-12/h2-21,24,29H,22-23H2,1H3,(H,36,37);1-6,9-12,18-19,21,23H,7-8,13-17H2,(H3,28,29,30,31,32);2-6,11,13H,7-10H2,1H3/t29-;19?,21?,23-;/m11./s1. The zero-order valence-electron chi connectivity index (χ0n) is 49.1. The lowest BCUT2D eigenvalue weighted by atomic mass is 9.76. The second kappa shape index (κ2) is 28.5. The van der Waals surface area contributed by atoms with E-state index in [-0.39, 0.29) is 11.8 Å². The van der Waals surface area contributed by atoms with E-state index in [2.05, 4.69) is 249 Å². The lowest BCUT2D eigenvalue weighted by Crippen LogP contribution is -2.39. The minimum Gasteiger partial charge on any atom is -0.384 e. The van der Waals surface area contributed by atoms with Gasteiger partial charge in [0, 0.05) is 24.2 Å². The molecule has 2 fully saturated rings. The normalized spacial score (nSPS) is 17.6. The van der Waals surface area contributed by atoms with E-state index in [1.54, 1.807) is 5.56 Å². The van der Waals surface area contributed by atoms with E-state index in [0.717, 1.165) is 92.2 Å². The first kappa shape index (κ1) is 58.5. The van der Waals surface area contributed by atoms with Crippen LogP contribution in [0.5, 0.6) is 0 Å². The Morgan fingerprint density at radius 2 is 1.01 bits per heavy atom. The van der Waals surface area contributed by atoms with Crippen molar-refractivity contribution in [2.75, 3.05) is 23.4 Å². The third-order valence-corrected chi connectivity index (χ3v) is 18.4. The first-order chi connectivity index (χ1) is 41.9. The number of hydrogen-bond donors (Lipinski definition) is 3. The van der Waals surface area contributed by atoms with E-state index in [1.807, 2.05) is 36.0 Å². The minimum absolute atomic E-state index is 0.128. The molecule has 2 aliphatic carbocycles. The highest BCUT2D eigenvalue weighted by atomic mass is 79.9. The second-order valence-corrected chi connectivity index (χ2v) is 24.1. The van der Waals surface area contributed by atoms with Crippen LogP contribution in [0, 0.1) is 11.8 Å². The molecule has 11 heteroatoms. The Labute approximate surface area is 510 Å². The highest BCUT2D eigenvalue weighted by molar-refractivity contribution is 9.09. The lowest BCUT2D eigenvalue weighted by molar-refractivity contribution is 0.301. The molecular weight excluding hydrogens is 1110 g/mol. The van der Waals surface area contributed by atoms with Crippen LogP contribution < -0.4 is 11.1 Å². The summed E-state index contributed by atoms with van der Waals surface area (Å²) in [6.45, 7) is 2.38. The second-order valence-electron chi connectivity index (χ2n) is 23.3. The molecule has 0 saturated heterocycles. The first-order valence-corrected chi connectivity index (χ1v) is 31.9. The highest BCUT2D eigenvalue weighted by Crippen LogP contribution is 2.44. The van der Waals surface area contributed by atoms with Gasteiger partial charge in [-0.1, -0.05) is 266 Å². The Morgan fingerprint density at radius 3 is 1.51 bits per heavy atom. The van der Waals surface area contributed by atoms with Gasteiger partial charge in [0.15, 0.2) is 5.65 Å². The fraction of sp³-hybridized carbons (Fsp3) is 0.297. The van der Waals surface area contributed by atoms with Gasteiger partial charge in [0.05, 0.1) is 0 Å². The number of aromatic amines is 1. The van der Waals surface area contributed by atoms with Gasteiger partial charge >= 0.3 is 0 Å². The molecule has 7 aromatic carbocycles. The molecule has 0 spiro atoms. The fourth-order valence-corrected chi connectivity index (χ4v) is 14.0. The van der Waals surface area contributed by atoms with Gasteiger partial charge in [0.25, 0.3) is 0 Å². The molecule has 10 nitrogen and oxygen atoms in total. The van der Waals surface area contributed by atoms with Gasteiger partial charge in [-0.05, 0) is 137 Å². The Kier molecular flexibility index (Phi) is 19.6. The summed E-state index contributed by atoms with van der Waals surface area (Å²) in [5, 5.41) is 25.3. The van der Waals surface area contributed by atoms with Crippen molar-refractivity contribution in [3.63, 3.8) is 0 Å². The number of pyridine rings is 2. The van der Waals surface area contributed by atoms with E-state index >= 15 is 0 Å². The number of aromatic nitrogens is 8. The molecule has 0 unspecified atom stereocenters. The summed E-state index contributed by atoms with van der Waals surface area (Å²) in [4.78, 5) is 9.44. The van der Waals surface area contributed by atoms with Crippen LogP contribution in [0.3, 0.4) is 0 Å². The first-order valence-electron chi connectivity index (χ1n) is 30.7. The largest absolute Gasteiger partial charge is 0.384 e. The predicted molar refractivity (Wildman–Crippen MR) is 352 cm³/mol. The number of rotatable bonds is 17. The Morgan fingerprint density at radius 1 is 0.553 bits per heavy atom. The Balaban J connectivity index is 0.000000148. The van der Waals surface area contributed by atoms with Crippen LogP contribution in [-0.2, 0) is 5.54 Å². The summed E-state index contributed by atoms with van der Waals surface area (Å²) < 4.78 is 2.02. The van der Waals surface area contributed by atoms with Crippen LogP contribution in [0.15, 0.2) is 224 Å². The van der Waals surface area contributed by atoms with Crippen molar-refractivity contribution < 1.29 is 0 Å². The number of benzene rings is 7. The number of alkyl halides is 1. The number of nitrogens with two attached hydrogens (primary N) is 1. The van der Waals surface area contributed by atoms with E-state index in [0.29, 0.717) is 11.5 Å². The van der Waals surface area contributed by atoms with Crippen molar-refractivity contribution in [1.29, 1.82) is 0 Å². The molecule has 2 saturated carbocycles. The number of anilines is 2. The van der Waals surface area contributed by atoms with Crippen molar-refractivity contribution >= 4 is 49.9 Å². The average molecular weight is 1190 g/mol. The summed E-state index contributed by atoms with van der Waals surface area (Å²) in [7, 11) is 1.91. The average Bonchev–Trinajstić information content (AvgIpc) is 2.74. The summed E-state index contributed by atoms with van der Waals surface area (Å²) in [6.07, 6.45) is 15.4. The molecule has 432 valence electrons. The number of H-pyrrole nitrogens is 1. The van der Waals surface area contributed by atoms with Crippen molar-refractivity contribution in [3.05, 3.63) is 275 Å². The van der Waals surface area contributed by atoms with Gasteiger partial charge in [-0.15, -0.1) is 10.2 Å². The molecule has 0 bridgehead atoms. The summed E-state index contributed by atoms with van der Waals surface area (Å²) in [5.41, 5.74) is 19.4. The van der Waals surface area contributed by atoms with Gasteiger partial charge in [-0.25, -0.2) is 14.6 Å². The summed E-state index contributed by atoms with van der Waals surface area (Å²) >= 11 is 3.70. The molecule has 4 N–H and O–H groups in total. The number of nitrogen functional groups attached to an aromatic ring is 1. The molecule has 4 aromatic heterocycles. The van der Waals surface area contributed by atoms with Gasteiger partial charge in [-0.2, -0.15) is 10.3 Å². The Hall–Kier alpha value is -8.28. The van der Waals surface area contributed by atoms with E-state index in [9.17, 15) is 0 Å². The van der Waals surface area contributed by atoms with Gasteiger partial charge in [-0.3, -0.25) is 0 Å². The van der Waals surface area contributed by atoms with Crippen LogP contribution in [0.2, 0.25) is 0 Å². The fourth-order valence-electron chi connectivity index (χ4n) is 13.5. The smallest absolute Gasteiger partial charge is 0.203 e. The third kappa shape index (κ3) is 13.6. The number of nitrogens with one attached hydrogen (secondary N) is 2. The monoisotopic (exact) mass is 1190 g/mol. The van der Waals surface area contributed by atoms with Crippen LogP contribution in [0.25, 0.3) is 22.3 Å². The topological polar surface area (TPSA) is 136 Å². The number of nitrogens with zero attached hydrogens (tertiary/aromatic N) is 7. The maximum absolute atomic E-state index is 6.11. The Bertz CT molecular complexity index is 3660. The maximum Gasteiger partial charge on any atom is 0.203 e. The van der Waals surface area contributed by atoms with Crippen LogP contribution in [-0.4, -0.2) is 52.8 Å². The predicted octanol–water partition coefficient (Wildman–Crippen LogP) is 17.8. The van der Waals surface area contributed by atoms with Gasteiger partial charge < -0.3 is 11.1 Å². The van der Waals surface area contributed by atoms with E-state index in [1.165, 1.54) is 80.9 Å². The van der Waals surface area contributed by atoms with Crippen molar-refractivity contribution in [3.8, 4) is 0 Å². The molecule has 85 heavy (non-hydrogen) atoms. The minimum atomic E-state index is -0.799. The van der Waals surface area contributed by atoms with Crippen molar-refractivity contribution in [2.45, 2.75) is 113 Å². The van der Waals surface area contributed by atoms with E-state index in [4.69, 9.17) is 21.0 Å². The molecule has 13 rings (SSSR count). The number of fused-ring (bicyclic) bond motifs is 2. The molecule has 2 aliphatic rings. The molecule has 11 aromatic rings. The molecular formula is C74H79BrN10. The molecule has 4 heterocycles. The van der Waals surface area contributed by atoms with Crippen molar-refractivity contribution in [1.82, 2.24) is 40.4 Å². The number of hydrogen-bond acceptors (Lipinski definition) is 8. The van der Waals surface area contributed by atoms with Crippen LogP contribution in [0.1, 0.15) is 158 Å². The molecule has 0 radical (unpaired) electrons. The SMILES string of the molecule is CC1CCC(c2ccccc2)CC1.CNc1cc([C@H](CCBr)c2ccccc2)c2nnn(C(c3ccccc3)(c3ccccc3)c3ccccc3)c2n1.Nc1cc([C@H](CCCC2CCC(c3ccccc3)CC2)c2ccccc2)c2n[nH]nc2n1. The number of halogens is 1. The zero-order chi connectivity index (χ0) is 58.2. The molecule has 0 amide bonds. The molecule has 2 atom stereocenters. The van der Waals surface area contributed by atoms with Crippen LogP contribution in [0.4, 0.5) is 11.6 Å². The van der Waals surface area contributed by atoms with Crippen LogP contribution >= 0.6 is 15.9 Å². The molecule has 0 aliphatic heterocycles. The lowest BCUT2D eigenvalue weighted by Gasteiger charge is -2.36. The quantitative estimate of drug-likeness (QED) is 0.0606. The third-order valence-electron chi connectivity index (χ3n) is 18.0. The highest BCUT2D eigenvalue weighted by Gasteiger charge is 2.42. The zero-order valence-corrected chi connectivity index (χ0v) is 50.7. The van der Waals surface area contributed by atoms with Gasteiger partial charge in [0.1, 0.15) is 28.2 Å².